The maximum Gasteiger partial charge on any atom is -0.0348 e. The highest BCUT2D eigenvalue weighted by atomic mass is 13.8. The minimum absolute atomic E-state index is 1.07. The third kappa shape index (κ3) is 3.74. The first-order valence-corrected chi connectivity index (χ1v) is 2.45. The van der Waals surface area contributed by atoms with Crippen LogP contribution in [0.15, 0.2) is 6.08 Å². The predicted octanol–water partition coefficient (Wildman–Crippen LogP) is 2.17. The van der Waals surface area contributed by atoms with Crippen molar-refractivity contribution in [2.24, 2.45) is 0 Å². The zero-order valence-corrected chi connectivity index (χ0v) is 4.28. The molecular formula is C6H11. The van der Waals surface area contributed by atoms with Gasteiger partial charge in [0.25, 0.3) is 0 Å². The average molecular weight is 83.2 g/mol. The normalized spacial score (nSPS) is 8.17. The van der Waals surface area contributed by atoms with Crippen LogP contribution in [0.5, 0.6) is 0 Å². The lowest BCUT2D eigenvalue weighted by atomic mass is 10.3. The zero-order valence-electron chi connectivity index (χ0n) is 4.28. The molecule has 0 nitrogen and oxygen atoms in total. The third-order valence-corrected chi connectivity index (χ3v) is 0.724. The molecule has 0 heterocycles. The molecule has 0 unspecified atom stereocenters. The molecule has 0 saturated heterocycles. The summed E-state index contributed by atoms with van der Waals surface area (Å²) in [5, 5.41) is 0. The molecule has 0 aliphatic carbocycles. The lowest BCUT2D eigenvalue weighted by molar-refractivity contribution is 0.815. The molecule has 0 heteroatoms. The van der Waals surface area contributed by atoms with Crippen molar-refractivity contribution in [3.63, 3.8) is 0 Å². The summed E-state index contributed by atoms with van der Waals surface area (Å²) in [6, 6.07) is 0. The van der Waals surface area contributed by atoms with E-state index in [0.29, 0.717) is 0 Å². The van der Waals surface area contributed by atoms with E-state index in [4.69, 9.17) is 6.58 Å². The second-order valence-electron chi connectivity index (χ2n) is 1.38. The van der Waals surface area contributed by atoms with Crippen LogP contribution in [0.3, 0.4) is 0 Å². The Morgan fingerprint density at radius 3 is 2.50 bits per heavy atom. The van der Waals surface area contributed by atoms with Gasteiger partial charge >= 0.3 is 0 Å². The molecule has 0 bridgehead atoms. The first-order chi connectivity index (χ1) is 2.91. The van der Waals surface area contributed by atoms with E-state index in [2.05, 4.69) is 6.92 Å². The summed E-state index contributed by atoms with van der Waals surface area (Å²) in [7, 11) is 0. The van der Waals surface area contributed by atoms with Gasteiger partial charge in [0.2, 0.25) is 0 Å². The molecule has 0 aliphatic heterocycles. The molecular weight excluding hydrogens is 72.1 g/mol. The molecule has 0 fully saturated rings. The summed E-state index contributed by atoms with van der Waals surface area (Å²) >= 11 is 0. The van der Waals surface area contributed by atoms with Crippen LogP contribution in [-0.2, 0) is 0 Å². The van der Waals surface area contributed by atoms with E-state index < -0.39 is 0 Å². The van der Waals surface area contributed by atoms with E-state index in [-0.39, 0.29) is 0 Å². The van der Waals surface area contributed by atoms with Crippen LogP contribution in [0, 0.1) is 6.58 Å². The van der Waals surface area contributed by atoms with Crippen molar-refractivity contribution in [2.75, 3.05) is 0 Å². The molecule has 0 amide bonds. The molecule has 6 heavy (non-hydrogen) atoms. The lowest BCUT2D eigenvalue weighted by Gasteiger charge is -1.81. The summed E-state index contributed by atoms with van der Waals surface area (Å²) in [5.74, 6) is 0. The second kappa shape index (κ2) is 4.74. The Kier molecular flexibility index (Phi) is 4.53. The molecule has 35 valence electrons. The Balaban J connectivity index is 2.49. The fourth-order valence-electron chi connectivity index (χ4n) is 0.322. The third-order valence-electron chi connectivity index (χ3n) is 0.724. The minimum Gasteiger partial charge on any atom is -0.0845 e. The van der Waals surface area contributed by atoms with Crippen molar-refractivity contribution in [3.05, 3.63) is 12.7 Å². The monoisotopic (exact) mass is 83.1 g/mol. The van der Waals surface area contributed by atoms with Gasteiger partial charge in [0.05, 0.1) is 0 Å². The number of hydrogen-bond acceptors (Lipinski definition) is 0. The van der Waals surface area contributed by atoms with Gasteiger partial charge in [-0.1, -0.05) is 32.4 Å². The van der Waals surface area contributed by atoms with Crippen molar-refractivity contribution in [1.82, 2.24) is 0 Å². The van der Waals surface area contributed by atoms with Crippen molar-refractivity contribution in [1.29, 1.82) is 0 Å². The second-order valence-corrected chi connectivity index (χ2v) is 1.38. The van der Waals surface area contributed by atoms with Crippen LogP contribution in [0.2, 0.25) is 0 Å². The van der Waals surface area contributed by atoms with Crippen molar-refractivity contribution in [3.8, 4) is 0 Å². The van der Waals surface area contributed by atoms with Gasteiger partial charge in [-0.3, -0.25) is 0 Å². The van der Waals surface area contributed by atoms with Gasteiger partial charge in [-0.05, 0) is 6.42 Å². The Bertz CT molecular complexity index is 29.0. The van der Waals surface area contributed by atoms with E-state index in [0.717, 1.165) is 6.42 Å². The van der Waals surface area contributed by atoms with E-state index >= 15 is 0 Å². The van der Waals surface area contributed by atoms with Crippen LogP contribution in [-0.4, -0.2) is 0 Å². The first-order valence-electron chi connectivity index (χ1n) is 2.45. The fraction of sp³-hybridized carbons (Fsp3) is 0.667. The number of rotatable bonds is 3. The summed E-state index contributed by atoms with van der Waals surface area (Å²) < 4.78 is 0. The van der Waals surface area contributed by atoms with Gasteiger partial charge in [-0.15, -0.1) is 0 Å². The van der Waals surface area contributed by atoms with Gasteiger partial charge in [0, 0.05) is 0 Å². The molecule has 0 aromatic heterocycles. The number of allylic oxidation sites excluding steroid dienone is 1. The van der Waals surface area contributed by atoms with Crippen LogP contribution < -0.4 is 0 Å². The lowest BCUT2D eigenvalue weighted by Crippen LogP contribution is -1.62. The molecule has 0 N–H and O–H groups in total. The first kappa shape index (κ1) is 5.74. The van der Waals surface area contributed by atoms with Crippen LogP contribution in [0.4, 0.5) is 0 Å². The molecule has 1 radical (unpaired) electrons. The van der Waals surface area contributed by atoms with Gasteiger partial charge in [-0.2, -0.15) is 0 Å². The Morgan fingerprint density at radius 1 is 1.67 bits per heavy atom. The van der Waals surface area contributed by atoms with E-state index in [1.54, 1.807) is 6.08 Å². The van der Waals surface area contributed by atoms with Crippen molar-refractivity contribution in [2.45, 2.75) is 26.2 Å². The van der Waals surface area contributed by atoms with Crippen LogP contribution >= 0.6 is 0 Å². The topological polar surface area (TPSA) is 0 Å². The Morgan fingerprint density at radius 2 is 2.33 bits per heavy atom. The molecule has 0 atom stereocenters. The van der Waals surface area contributed by atoms with Crippen LogP contribution in [0.25, 0.3) is 0 Å². The van der Waals surface area contributed by atoms with Gasteiger partial charge < -0.3 is 0 Å². The van der Waals surface area contributed by atoms with Crippen molar-refractivity contribution >= 4 is 0 Å². The summed E-state index contributed by atoms with van der Waals surface area (Å²) in [6.45, 7) is 7.25. The molecule has 0 spiro atoms. The summed E-state index contributed by atoms with van der Waals surface area (Å²) in [4.78, 5) is 0. The SMILES string of the molecule is [CH]=CCCCC. The minimum atomic E-state index is 1.07. The standard InChI is InChI=1S/C6H11/c1-3-5-6-4-2/h1,3H,4-6H2,2H3. The summed E-state index contributed by atoms with van der Waals surface area (Å²) in [5.41, 5.74) is 0. The van der Waals surface area contributed by atoms with Gasteiger partial charge in [-0.25, -0.2) is 0 Å². The fourth-order valence-corrected chi connectivity index (χ4v) is 0.322. The highest BCUT2D eigenvalue weighted by Crippen LogP contribution is 1.91. The maximum absolute atomic E-state index is 5.09. The van der Waals surface area contributed by atoms with E-state index in [9.17, 15) is 0 Å². The van der Waals surface area contributed by atoms with Crippen LogP contribution in [0.1, 0.15) is 26.2 Å². The van der Waals surface area contributed by atoms with Gasteiger partial charge in [0.1, 0.15) is 0 Å². The number of unbranched alkanes of at least 4 members (excludes halogenated alkanes) is 2. The highest BCUT2D eigenvalue weighted by Gasteiger charge is 1.71. The molecule has 0 aromatic carbocycles. The highest BCUT2D eigenvalue weighted by molar-refractivity contribution is 4.59. The Labute approximate surface area is 39.9 Å². The largest absolute Gasteiger partial charge is 0.0845 e. The molecule has 0 aromatic rings. The maximum atomic E-state index is 5.09. The molecule has 0 rings (SSSR count). The predicted molar refractivity (Wildman–Crippen MR) is 28.4 cm³/mol. The van der Waals surface area contributed by atoms with E-state index in [1.807, 2.05) is 0 Å². The quantitative estimate of drug-likeness (QED) is 0.459. The summed E-state index contributed by atoms with van der Waals surface area (Å²) in [6.07, 6.45) is 5.25. The van der Waals surface area contributed by atoms with E-state index in [1.165, 1.54) is 12.8 Å². The van der Waals surface area contributed by atoms with Gasteiger partial charge in [0.15, 0.2) is 0 Å². The number of hydrogen-bond donors (Lipinski definition) is 0. The Hall–Kier alpha value is -0.260. The average Bonchev–Trinajstić information content (AvgIpc) is 1.61. The molecule has 0 aliphatic rings. The smallest absolute Gasteiger partial charge is 0.0348 e. The van der Waals surface area contributed by atoms with Crippen molar-refractivity contribution < 1.29 is 0 Å². The zero-order chi connectivity index (χ0) is 4.83. The molecule has 0 saturated carbocycles.